The van der Waals surface area contributed by atoms with E-state index in [2.05, 4.69) is 10.3 Å². The van der Waals surface area contributed by atoms with E-state index in [0.717, 1.165) is 42.5 Å². The summed E-state index contributed by atoms with van der Waals surface area (Å²) in [6.07, 6.45) is -9.78. The average molecular weight is 476 g/mol. The molecule has 0 aliphatic rings. The zero-order chi connectivity index (χ0) is 25.0. The monoisotopic (exact) mass is 476 g/mol. The number of hydrogen-bond acceptors (Lipinski definition) is 4. The summed E-state index contributed by atoms with van der Waals surface area (Å²) in [5.41, 5.74) is -2.57. The Bertz CT molecular complexity index is 1230. The number of aromatic amines is 1. The Morgan fingerprint density at radius 3 is 2.09 bits per heavy atom. The maximum atomic E-state index is 12.4. The van der Waals surface area contributed by atoms with E-state index < -0.39 is 47.3 Å². The number of rotatable bonds is 3. The third kappa shape index (κ3) is 7.26. The number of benzene rings is 2. The van der Waals surface area contributed by atoms with Gasteiger partial charge in [-0.3, -0.25) is 14.4 Å². The van der Waals surface area contributed by atoms with Crippen LogP contribution in [0.2, 0.25) is 0 Å². The molecular weight excluding hydrogens is 462 g/mol. The Balaban J connectivity index is 0.000000234. The molecule has 176 valence electrons. The van der Waals surface area contributed by atoms with Crippen LogP contribution >= 0.6 is 0 Å². The van der Waals surface area contributed by atoms with E-state index in [-0.39, 0.29) is 22.3 Å². The van der Waals surface area contributed by atoms with Gasteiger partial charge in [0.05, 0.1) is 16.6 Å². The summed E-state index contributed by atoms with van der Waals surface area (Å²) < 4.78 is 74.0. The highest BCUT2D eigenvalue weighted by Crippen LogP contribution is 2.32. The van der Waals surface area contributed by atoms with Crippen molar-refractivity contribution in [3.8, 4) is 5.75 Å². The summed E-state index contributed by atoms with van der Waals surface area (Å²) in [6.45, 7) is 0. The number of hydrogen-bond donors (Lipinski definition) is 4. The van der Waals surface area contributed by atoms with Crippen LogP contribution in [-0.4, -0.2) is 27.1 Å². The largest absolute Gasteiger partial charge is 0.507 e. The average Bonchev–Trinajstić information content (AvgIpc) is 2.66. The number of nitrogens with one attached hydrogen (secondary N) is 2. The molecule has 1 amide bonds. The van der Waals surface area contributed by atoms with Gasteiger partial charge in [-0.15, -0.1) is 0 Å². The van der Waals surface area contributed by atoms with E-state index in [1.807, 2.05) is 0 Å². The van der Waals surface area contributed by atoms with Crippen molar-refractivity contribution in [3.05, 3.63) is 70.0 Å². The lowest BCUT2D eigenvalue weighted by Gasteiger charge is -2.09. The molecule has 2 aromatic carbocycles. The number of aromatic nitrogens is 1. The molecule has 0 atom stereocenters. The van der Waals surface area contributed by atoms with Gasteiger partial charge in [0.1, 0.15) is 12.2 Å². The maximum Gasteiger partial charge on any atom is 0.416 e. The standard InChI is InChI=1S/C10H8F3NO3.C10H6F3NO2/c11-10(12,13)6-2-1-3-7(4-6)14-8(15)5-9(16)17;11-10(12,13)5-1-2-6-7(3-5)14-9(16)4-8(6)15/h1-4H,5H2,(H,14,15)(H,16,17);1-4H,(H2,14,15,16). The van der Waals surface area contributed by atoms with Crippen LogP contribution in [0.5, 0.6) is 5.75 Å². The van der Waals surface area contributed by atoms with Crippen molar-refractivity contribution in [1.82, 2.24) is 4.98 Å². The molecular formula is C20H14F6N2O5. The van der Waals surface area contributed by atoms with E-state index in [4.69, 9.17) is 5.11 Å². The van der Waals surface area contributed by atoms with Crippen LogP contribution in [0.25, 0.3) is 10.9 Å². The number of carbonyl (C=O) groups excluding carboxylic acids is 1. The quantitative estimate of drug-likeness (QED) is 0.331. The van der Waals surface area contributed by atoms with Gasteiger partial charge in [-0.05, 0) is 36.4 Å². The van der Waals surface area contributed by atoms with Gasteiger partial charge >= 0.3 is 18.3 Å². The fourth-order valence-electron chi connectivity index (χ4n) is 2.53. The third-order valence-electron chi connectivity index (χ3n) is 3.93. The predicted molar refractivity (Wildman–Crippen MR) is 104 cm³/mol. The first kappa shape index (κ1) is 25.2. The van der Waals surface area contributed by atoms with Crippen molar-refractivity contribution in [2.45, 2.75) is 18.8 Å². The van der Waals surface area contributed by atoms with Gasteiger partial charge in [-0.2, -0.15) is 26.3 Å². The van der Waals surface area contributed by atoms with Crippen molar-refractivity contribution < 1.29 is 46.1 Å². The minimum absolute atomic E-state index is 0.0418. The Labute approximate surface area is 180 Å². The zero-order valence-electron chi connectivity index (χ0n) is 16.2. The minimum atomic E-state index is -4.51. The van der Waals surface area contributed by atoms with Crippen molar-refractivity contribution in [1.29, 1.82) is 0 Å². The van der Waals surface area contributed by atoms with Crippen molar-refractivity contribution in [2.24, 2.45) is 0 Å². The lowest BCUT2D eigenvalue weighted by Crippen LogP contribution is -2.16. The number of halogens is 6. The number of anilines is 1. The highest BCUT2D eigenvalue weighted by atomic mass is 19.4. The smallest absolute Gasteiger partial charge is 0.416 e. The number of fused-ring (bicyclic) bond motifs is 1. The number of H-pyrrole nitrogens is 1. The molecule has 0 radical (unpaired) electrons. The van der Waals surface area contributed by atoms with Gasteiger partial charge in [-0.1, -0.05) is 6.07 Å². The molecule has 33 heavy (non-hydrogen) atoms. The first-order valence-electron chi connectivity index (χ1n) is 8.79. The lowest BCUT2D eigenvalue weighted by molar-refractivity contribution is -0.140. The molecule has 7 nitrogen and oxygen atoms in total. The van der Waals surface area contributed by atoms with E-state index in [1.54, 1.807) is 0 Å². The van der Waals surface area contributed by atoms with E-state index in [1.165, 1.54) is 6.07 Å². The second-order valence-corrected chi connectivity index (χ2v) is 6.47. The summed E-state index contributed by atoms with van der Waals surface area (Å²) in [5, 5.41) is 19.9. The first-order valence-corrected chi connectivity index (χ1v) is 8.79. The number of pyridine rings is 1. The molecule has 4 N–H and O–H groups in total. The summed E-state index contributed by atoms with van der Waals surface area (Å²) in [5.74, 6) is -2.57. The molecule has 3 rings (SSSR count). The predicted octanol–water partition coefficient (Wildman–Crippen LogP) is 4.37. The van der Waals surface area contributed by atoms with Gasteiger partial charge in [0.15, 0.2) is 0 Å². The van der Waals surface area contributed by atoms with Crippen molar-refractivity contribution >= 4 is 28.5 Å². The first-order chi connectivity index (χ1) is 15.2. The molecule has 13 heteroatoms. The summed E-state index contributed by atoms with van der Waals surface area (Å²) in [4.78, 5) is 34.4. The van der Waals surface area contributed by atoms with Crippen LogP contribution in [0.1, 0.15) is 17.5 Å². The van der Waals surface area contributed by atoms with Crippen LogP contribution in [0.15, 0.2) is 53.3 Å². The summed E-state index contributed by atoms with van der Waals surface area (Å²) in [6, 6.07) is 7.62. The van der Waals surface area contributed by atoms with E-state index in [9.17, 15) is 45.8 Å². The van der Waals surface area contributed by atoms with E-state index >= 15 is 0 Å². The summed E-state index contributed by atoms with van der Waals surface area (Å²) in [7, 11) is 0. The number of aliphatic carboxylic acids is 1. The van der Waals surface area contributed by atoms with Crippen LogP contribution < -0.4 is 10.9 Å². The highest BCUT2D eigenvalue weighted by Gasteiger charge is 2.31. The van der Waals surface area contributed by atoms with Crippen molar-refractivity contribution in [3.63, 3.8) is 0 Å². The lowest BCUT2D eigenvalue weighted by atomic mass is 10.1. The van der Waals surface area contributed by atoms with Gasteiger partial charge < -0.3 is 20.5 Å². The van der Waals surface area contributed by atoms with Gasteiger partial charge in [0, 0.05) is 17.1 Å². The van der Waals surface area contributed by atoms with Crippen LogP contribution in [0.3, 0.4) is 0 Å². The van der Waals surface area contributed by atoms with Gasteiger partial charge in [0.2, 0.25) is 5.91 Å². The Morgan fingerprint density at radius 2 is 1.52 bits per heavy atom. The fourth-order valence-corrected chi connectivity index (χ4v) is 2.53. The number of aromatic hydroxyl groups is 1. The SMILES string of the molecule is O=C(O)CC(=O)Nc1cccc(C(F)(F)F)c1.O=c1cc(O)c2ccc(C(F)(F)F)cc2[nH]1. The zero-order valence-corrected chi connectivity index (χ0v) is 16.2. The maximum absolute atomic E-state index is 12.4. The fraction of sp³-hybridized carbons (Fsp3) is 0.150. The molecule has 0 fully saturated rings. The van der Waals surface area contributed by atoms with Gasteiger partial charge in [-0.25, -0.2) is 0 Å². The Kier molecular flexibility index (Phi) is 7.36. The molecule has 1 heterocycles. The molecule has 0 saturated heterocycles. The second kappa shape index (κ2) is 9.63. The topological polar surface area (TPSA) is 119 Å². The molecule has 0 unspecified atom stereocenters. The molecule has 0 aliphatic carbocycles. The van der Waals surface area contributed by atoms with Crippen LogP contribution in [-0.2, 0) is 21.9 Å². The molecule has 0 spiro atoms. The molecule has 1 aromatic heterocycles. The molecule has 0 saturated carbocycles. The number of carboxylic acid groups (broad SMARTS) is 1. The van der Waals surface area contributed by atoms with Crippen LogP contribution in [0.4, 0.5) is 32.0 Å². The molecule has 0 bridgehead atoms. The van der Waals surface area contributed by atoms with E-state index in [0.29, 0.717) is 0 Å². The highest BCUT2D eigenvalue weighted by molar-refractivity contribution is 6.01. The number of carbonyl (C=O) groups is 2. The number of alkyl halides is 6. The normalized spacial score (nSPS) is 11.5. The third-order valence-corrected chi connectivity index (χ3v) is 3.93. The summed E-state index contributed by atoms with van der Waals surface area (Å²) >= 11 is 0. The Morgan fingerprint density at radius 1 is 0.909 bits per heavy atom. The molecule has 0 aliphatic heterocycles. The minimum Gasteiger partial charge on any atom is -0.507 e. The number of carboxylic acids is 1. The Hall–Kier alpha value is -4.03. The van der Waals surface area contributed by atoms with Gasteiger partial charge in [0.25, 0.3) is 5.56 Å². The van der Waals surface area contributed by atoms with Crippen LogP contribution in [0, 0.1) is 0 Å². The second-order valence-electron chi connectivity index (χ2n) is 6.47. The molecule has 3 aromatic rings. The number of amides is 1. The van der Waals surface area contributed by atoms with Crippen molar-refractivity contribution in [2.75, 3.05) is 5.32 Å².